The summed E-state index contributed by atoms with van der Waals surface area (Å²) in [6, 6.07) is 2.78. The second-order valence-corrected chi connectivity index (χ2v) is 6.48. The van der Waals surface area contributed by atoms with E-state index in [4.69, 9.17) is 4.98 Å². The Labute approximate surface area is 124 Å². The highest BCUT2D eigenvalue weighted by atomic mass is 32.1. The van der Waals surface area contributed by atoms with Gasteiger partial charge in [0.15, 0.2) is 0 Å². The second kappa shape index (κ2) is 6.06. The minimum Gasteiger partial charge on any atom is -0.372 e. The highest BCUT2D eigenvalue weighted by Gasteiger charge is 2.19. The largest absolute Gasteiger partial charge is 0.372 e. The summed E-state index contributed by atoms with van der Waals surface area (Å²) in [5.41, 5.74) is 0. The lowest BCUT2D eigenvalue weighted by atomic mass is 9.94. The normalized spacial score (nSPS) is 16.9. The Hall–Kier alpha value is -1.20. The Morgan fingerprint density at radius 1 is 1.30 bits per heavy atom. The van der Waals surface area contributed by atoms with Crippen LogP contribution < -0.4 is 5.32 Å². The van der Waals surface area contributed by atoms with Crippen LogP contribution in [-0.4, -0.2) is 35.0 Å². The quantitative estimate of drug-likeness (QED) is 0.935. The van der Waals surface area contributed by atoms with Gasteiger partial charge in [0.2, 0.25) is 0 Å². The molecule has 108 valence electrons. The fraction of sp³-hybridized carbons (Fsp3) is 0.600. The average Bonchev–Trinajstić information content (AvgIpc) is 2.95. The monoisotopic (exact) mass is 290 g/mol. The van der Waals surface area contributed by atoms with Gasteiger partial charge in [-0.05, 0) is 31.3 Å². The van der Waals surface area contributed by atoms with Crippen molar-refractivity contribution in [1.82, 2.24) is 14.9 Å². The van der Waals surface area contributed by atoms with E-state index in [1.807, 2.05) is 7.05 Å². The van der Waals surface area contributed by atoms with E-state index in [0.29, 0.717) is 6.04 Å². The van der Waals surface area contributed by atoms with Crippen molar-refractivity contribution in [1.29, 1.82) is 0 Å². The molecule has 4 nitrogen and oxygen atoms in total. The van der Waals surface area contributed by atoms with E-state index in [1.165, 1.54) is 32.1 Å². The van der Waals surface area contributed by atoms with E-state index in [0.717, 1.165) is 28.4 Å². The number of nitrogens with zero attached hydrogens (tertiary/aromatic N) is 3. The number of hydrogen-bond acceptors (Lipinski definition) is 5. The molecule has 0 spiro atoms. The van der Waals surface area contributed by atoms with E-state index in [-0.39, 0.29) is 0 Å². The molecule has 0 unspecified atom stereocenters. The molecule has 0 radical (unpaired) electrons. The van der Waals surface area contributed by atoms with E-state index in [2.05, 4.69) is 33.7 Å². The number of rotatable bonds is 4. The molecule has 3 rings (SSSR count). The summed E-state index contributed by atoms with van der Waals surface area (Å²) < 4.78 is 0. The van der Waals surface area contributed by atoms with Crippen molar-refractivity contribution in [3.63, 3.8) is 0 Å². The predicted octanol–water partition coefficient (Wildman–Crippen LogP) is 3.50. The van der Waals surface area contributed by atoms with Gasteiger partial charge in [-0.25, -0.2) is 9.97 Å². The molecule has 2 aromatic heterocycles. The zero-order chi connectivity index (χ0) is 13.9. The molecule has 1 fully saturated rings. The average molecular weight is 290 g/mol. The number of aromatic nitrogens is 2. The lowest BCUT2D eigenvalue weighted by molar-refractivity contribution is 0.181. The molecule has 1 aliphatic carbocycles. The van der Waals surface area contributed by atoms with Gasteiger partial charge < -0.3 is 5.32 Å². The van der Waals surface area contributed by atoms with Crippen molar-refractivity contribution in [2.24, 2.45) is 0 Å². The maximum atomic E-state index is 4.70. The maximum absolute atomic E-state index is 4.70. The van der Waals surface area contributed by atoms with Gasteiger partial charge in [-0.15, -0.1) is 11.3 Å². The van der Waals surface area contributed by atoms with Gasteiger partial charge in [0.05, 0.1) is 11.9 Å². The molecule has 0 bridgehead atoms. The van der Waals surface area contributed by atoms with Crippen LogP contribution in [0.15, 0.2) is 11.4 Å². The highest BCUT2D eigenvalue weighted by molar-refractivity contribution is 7.16. The molecule has 0 amide bonds. The van der Waals surface area contributed by atoms with Crippen LogP contribution in [-0.2, 0) is 6.54 Å². The SMILES string of the molecule is CNc1nc(CN(C)C2CCCCC2)nc2sccc12. The Morgan fingerprint density at radius 2 is 2.10 bits per heavy atom. The number of anilines is 1. The molecule has 0 aromatic carbocycles. The minimum atomic E-state index is 0.699. The number of thiophene rings is 1. The smallest absolute Gasteiger partial charge is 0.146 e. The van der Waals surface area contributed by atoms with Crippen molar-refractivity contribution in [3.8, 4) is 0 Å². The lowest BCUT2D eigenvalue weighted by Crippen LogP contribution is -2.33. The summed E-state index contributed by atoms with van der Waals surface area (Å²) in [4.78, 5) is 12.9. The number of fused-ring (bicyclic) bond motifs is 1. The van der Waals surface area contributed by atoms with Crippen LogP contribution in [0.4, 0.5) is 5.82 Å². The molecule has 1 saturated carbocycles. The van der Waals surface area contributed by atoms with E-state index in [1.54, 1.807) is 11.3 Å². The third kappa shape index (κ3) is 2.79. The second-order valence-electron chi connectivity index (χ2n) is 5.58. The molecule has 2 aromatic rings. The molecular weight excluding hydrogens is 268 g/mol. The van der Waals surface area contributed by atoms with Crippen LogP contribution in [0.5, 0.6) is 0 Å². The molecule has 2 heterocycles. The third-order valence-electron chi connectivity index (χ3n) is 4.20. The fourth-order valence-corrected chi connectivity index (χ4v) is 3.82. The number of hydrogen-bond donors (Lipinski definition) is 1. The van der Waals surface area contributed by atoms with Crippen molar-refractivity contribution in [2.45, 2.75) is 44.7 Å². The first-order chi connectivity index (χ1) is 9.78. The zero-order valence-electron chi connectivity index (χ0n) is 12.2. The van der Waals surface area contributed by atoms with Crippen molar-refractivity contribution < 1.29 is 0 Å². The first kappa shape index (κ1) is 13.8. The molecule has 20 heavy (non-hydrogen) atoms. The first-order valence-corrected chi connectivity index (χ1v) is 8.28. The molecule has 0 saturated heterocycles. The summed E-state index contributed by atoms with van der Waals surface area (Å²) in [6.45, 7) is 0.840. The van der Waals surface area contributed by atoms with Gasteiger partial charge in [0.1, 0.15) is 16.5 Å². The van der Waals surface area contributed by atoms with Gasteiger partial charge in [-0.2, -0.15) is 0 Å². The van der Waals surface area contributed by atoms with Crippen LogP contribution in [0, 0.1) is 0 Å². The molecule has 5 heteroatoms. The van der Waals surface area contributed by atoms with Gasteiger partial charge >= 0.3 is 0 Å². The van der Waals surface area contributed by atoms with Crippen LogP contribution >= 0.6 is 11.3 Å². The summed E-state index contributed by atoms with van der Waals surface area (Å²) in [5, 5.41) is 6.39. The van der Waals surface area contributed by atoms with Crippen LogP contribution in [0.3, 0.4) is 0 Å². The van der Waals surface area contributed by atoms with Gasteiger partial charge in [0.25, 0.3) is 0 Å². The minimum absolute atomic E-state index is 0.699. The molecule has 1 N–H and O–H groups in total. The van der Waals surface area contributed by atoms with Gasteiger partial charge in [0, 0.05) is 13.1 Å². The molecular formula is C15H22N4S. The Morgan fingerprint density at radius 3 is 2.85 bits per heavy atom. The summed E-state index contributed by atoms with van der Waals surface area (Å²) >= 11 is 1.68. The fourth-order valence-electron chi connectivity index (χ4n) is 3.03. The van der Waals surface area contributed by atoms with Crippen molar-refractivity contribution in [2.75, 3.05) is 19.4 Å². The summed E-state index contributed by atoms with van der Waals surface area (Å²) in [5.74, 6) is 1.88. The first-order valence-electron chi connectivity index (χ1n) is 7.40. The summed E-state index contributed by atoms with van der Waals surface area (Å²) in [7, 11) is 4.13. The number of nitrogens with one attached hydrogen (secondary N) is 1. The topological polar surface area (TPSA) is 41.1 Å². The van der Waals surface area contributed by atoms with Crippen LogP contribution in [0.25, 0.3) is 10.2 Å². The third-order valence-corrected chi connectivity index (χ3v) is 5.00. The highest BCUT2D eigenvalue weighted by Crippen LogP contribution is 2.26. The van der Waals surface area contributed by atoms with Gasteiger partial charge in [-0.1, -0.05) is 19.3 Å². The summed E-state index contributed by atoms with van der Waals surface area (Å²) in [6.07, 6.45) is 6.75. The van der Waals surface area contributed by atoms with Gasteiger partial charge in [-0.3, -0.25) is 4.90 Å². The Balaban J connectivity index is 1.79. The van der Waals surface area contributed by atoms with Crippen molar-refractivity contribution in [3.05, 3.63) is 17.3 Å². The van der Waals surface area contributed by atoms with E-state index in [9.17, 15) is 0 Å². The van der Waals surface area contributed by atoms with Crippen LogP contribution in [0.1, 0.15) is 37.9 Å². The van der Waals surface area contributed by atoms with E-state index >= 15 is 0 Å². The standard InChI is InChI=1S/C15H22N4S/c1-16-14-12-8-9-20-15(12)18-13(17-14)10-19(2)11-6-4-3-5-7-11/h8-9,11H,3-7,10H2,1-2H3,(H,16,17,18). The Kier molecular flexibility index (Phi) is 4.17. The van der Waals surface area contributed by atoms with E-state index < -0.39 is 0 Å². The predicted molar refractivity (Wildman–Crippen MR) is 85.3 cm³/mol. The lowest BCUT2D eigenvalue weighted by Gasteiger charge is -2.30. The van der Waals surface area contributed by atoms with Crippen LogP contribution in [0.2, 0.25) is 0 Å². The Bertz CT molecular complexity index is 574. The molecule has 0 atom stereocenters. The molecule has 1 aliphatic rings. The molecule has 0 aliphatic heterocycles. The maximum Gasteiger partial charge on any atom is 0.146 e. The van der Waals surface area contributed by atoms with Crippen molar-refractivity contribution >= 4 is 27.4 Å². The zero-order valence-corrected chi connectivity index (χ0v) is 13.0.